The topological polar surface area (TPSA) is 73.1 Å². The summed E-state index contributed by atoms with van der Waals surface area (Å²) in [6, 6.07) is 0. The van der Waals surface area contributed by atoms with E-state index < -0.39 is 0 Å². The van der Waals surface area contributed by atoms with Crippen LogP contribution in [0.5, 0.6) is 0 Å². The Labute approximate surface area is 110 Å². The molecule has 2 heterocycles. The third-order valence-corrected chi connectivity index (χ3v) is 3.72. The molecule has 7 nitrogen and oxygen atoms in total. The minimum atomic E-state index is 0.210. The van der Waals surface area contributed by atoms with Crippen LogP contribution >= 0.6 is 11.8 Å². The quantitative estimate of drug-likeness (QED) is 0.684. The molecule has 1 aromatic heterocycles. The second-order valence-corrected chi connectivity index (χ2v) is 5.12. The van der Waals surface area contributed by atoms with Crippen LogP contribution in [0.2, 0.25) is 0 Å². The fourth-order valence-corrected chi connectivity index (χ4v) is 2.55. The molecule has 0 radical (unpaired) electrons. The lowest BCUT2D eigenvalue weighted by molar-refractivity contribution is -0.134. The molecule has 0 aromatic carbocycles. The van der Waals surface area contributed by atoms with Gasteiger partial charge in [0.05, 0.1) is 19.0 Å². The molecule has 1 aromatic rings. The number of morpholine rings is 1. The highest BCUT2D eigenvalue weighted by molar-refractivity contribution is 7.98. The Kier molecular flexibility index (Phi) is 4.94. The van der Waals surface area contributed by atoms with E-state index in [4.69, 9.17) is 4.74 Å². The van der Waals surface area contributed by atoms with E-state index in [-0.39, 0.29) is 5.91 Å². The Bertz CT molecular complexity index is 391. The third-order valence-electron chi connectivity index (χ3n) is 2.76. The van der Waals surface area contributed by atoms with Crippen molar-refractivity contribution in [3.8, 4) is 0 Å². The van der Waals surface area contributed by atoms with Crippen molar-refractivity contribution in [3.63, 3.8) is 0 Å². The number of nitrogens with zero attached hydrogens (tertiary/aromatic N) is 5. The summed E-state index contributed by atoms with van der Waals surface area (Å²) in [4.78, 5) is 13.7. The van der Waals surface area contributed by atoms with Crippen molar-refractivity contribution in [1.82, 2.24) is 25.1 Å². The summed E-state index contributed by atoms with van der Waals surface area (Å²) in [5.74, 6) is 2.57. The lowest BCUT2D eigenvalue weighted by atomic mass is 10.3. The van der Waals surface area contributed by atoms with Gasteiger partial charge in [-0.15, -0.1) is 5.10 Å². The summed E-state index contributed by atoms with van der Waals surface area (Å²) in [7, 11) is 1.81. The van der Waals surface area contributed by atoms with Gasteiger partial charge in [-0.2, -0.15) is 11.8 Å². The van der Waals surface area contributed by atoms with E-state index in [9.17, 15) is 4.79 Å². The average Bonchev–Trinajstić information content (AvgIpc) is 2.81. The lowest BCUT2D eigenvalue weighted by Crippen LogP contribution is -2.40. The maximum absolute atomic E-state index is 11.8. The van der Waals surface area contributed by atoms with Gasteiger partial charge in [0.1, 0.15) is 0 Å². The van der Waals surface area contributed by atoms with Gasteiger partial charge in [-0.05, 0) is 10.4 Å². The molecule has 0 aliphatic carbocycles. The van der Waals surface area contributed by atoms with Crippen molar-refractivity contribution in [2.45, 2.75) is 12.2 Å². The van der Waals surface area contributed by atoms with Gasteiger partial charge in [-0.1, -0.05) is 0 Å². The third kappa shape index (κ3) is 3.67. The lowest BCUT2D eigenvalue weighted by Gasteiger charge is -2.26. The molecule has 0 N–H and O–H groups in total. The molecule has 18 heavy (non-hydrogen) atoms. The Hall–Kier alpha value is -1.15. The van der Waals surface area contributed by atoms with Crippen LogP contribution in [-0.2, 0) is 22.3 Å². The molecule has 1 aliphatic rings. The standard InChI is InChI=1S/C10H17N5O2S/c1-14-9(11-12-13-14)8-18-7-2-10(16)15-3-5-17-6-4-15/h2-8H2,1H3. The zero-order valence-corrected chi connectivity index (χ0v) is 11.2. The first-order valence-corrected chi connectivity index (χ1v) is 7.07. The summed E-state index contributed by atoms with van der Waals surface area (Å²) in [6.45, 7) is 2.75. The zero-order chi connectivity index (χ0) is 12.8. The van der Waals surface area contributed by atoms with Gasteiger partial charge >= 0.3 is 0 Å². The van der Waals surface area contributed by atoms with Gasteiger partial charge in [0.2, 0.25) is 5.91 Å². The first kappa shape index (κ1) is 13.3. The van der Waals surface area contributed by atoms with Gasteiger partial charge in [0, 0.05) is 32.3 Å². The number of rotatable bonds is 5. The molecule has 0 bridgehead atoms. The molecular weight excluding hydrogens is 254 g/mol. The molecule has 0 unspecified atom stereocenters. The number of ether oxygens (including phenoxy) is 1. The second kappa shape index (κ2) is 6.69. The van der Waals surface area contributed by atoms with E-state index in [1.165, 1.54) is 0 Å². The molecule has 0 atom stereocenters. The van der Waals surface area contributed by atoms with Crippen LogP contribution in [0.1, 0.15) is 12.2 Å². The molecule has 1 aliphatic heterocycles. The van der Waals surface area contributed by atoms with Crippen molar-refractivity contribution in [2.75, 3.05) is 32.1 Å². The highest BCUT2D eigenvalue weighted by Gasteiger charge is 2.16. The van der Waals surface area contributed by atoms with Crippen molar-refractivity contribution in [2.24, 2.45) is 7.05 Å². The van der Waals surface area contributed by atoms with Crippen LogP contribution in [0.25, 0.3) is 0 Å². The molecule has 2 rings (SSSR count). The Balaban J connectivity index is 1.63. The molecule has 1 amide bonds. The van der Waals surface area contributed by atoms with E-state index >= 15 is 0 Å². The molecular formula is C10H17N5O2S. The number of thioether (sulfide) groups is 1. The van der Waals surface area contributed by atoms with Gasteiger partial charge < -0.3 is 9.64 Å². The number of amides is 1. The maximum atomic E-state index is 11.8. The fourth-order valence-electron chi connectivity index (χ4n) is 1.66. The Morgan fingerprint density at radius 1 is 1.44 bits per heavy atom. The molecule has 0 spiro atoms. The highest BCUT2D eigenvalue weighted by atomic mass is 32.2. The molecule has 8 heteroatoms. The minimum absolute atomic E-state index is 0.210. The van der Waals surface area contributed by atoms with Crippen LogP contribution in [0.15, 0.2) is 0 Å². The summed E-state index contributed by atoms with van der Waals surface area (Å²) in [5.41, 5.74) is 0. The van der Waals surface area contributed by atoms with Crippen LogP contribution in [0.4, 0.5) is 0 Å². The number of carbonyl (C=O) groups excluding carboxylic acids is 1. The normalized spacial score (nSPS) is 15.9. The SMILES string of the molecule is Cn1nnnc1CSCCC(=O)N1CCOCC1. The van der Waals surface area contributed by atoms with Gasteiger partial charge in [0.15, 0.2) is 5.82 Å². The first-order chi connectivity index (χ1) is 8.77. The van der Waals surface area contributed by atoms with Crippen LogP contribution in [0.3, 0.4) is 0 Å². The minimum Gasteiger partial charge on any atom is -0.378 e. The van der Waals surface area contributed by atoms with Crippen molar-refractivity contribution < 1.29 is 9.53 Å². The van der Waals surface area contributed by atoms with Crippen molar-refractivity contribution in [1.29, 1.82) is 0 Å². The summed E-state index contributed by atoms with van der Waals surface area (Å²) in [5, 5.41) is 11.2. The maximum Gasteiger partial charge on any atom is 0.223 e. The Morgan fingerprint density at radius 2 is 2.22 bits per heavy atom. The van der Waals surface area contributed by atoms with Crippen LogP contribution in [-0.4, -0.2) is 63.1 Å². The molecule has 1 fully saturated rings. The number of tetrazole rings is 1. The molecule has 100 valence electrons. The number of aromatic nitrogens is 4. The number of carbonyl (C=O) groups is 1. The number of hydrogen-bond donors (Lipinski definition) is 0. The summed E-state index contributed by atoms with van der Waals surface area (Å²) < 4.78 is 6.86. The zero-order valence-electron chi connectivity index (χ0n) is 10.4. The number of hydrogen-bond acceptors (Lipinski definition) is 6. The van der Waals surface area contributed by atoms with Crippen LogP contribution in [0, 0.1) is 0 Å². The highest BCUT2D eigenvalue weighted by Crippen LogP contribution is 2.11. The Morgan fingerprint density at radius 3 is 2.89 bits per heavy atom. The second-order valence-electron chi connectivity index (χ2n) is 4.01. The monoisotopic (exact) mass is 271 g/mol. The van der Waals surface area contributed by atoms with Gasteiger partial charge in [-0.25, -0.2) is 4.68 Å². The largest absolute Gasteiger partial charge is 0.378 e. The van der Waals surface area contributed by atoms with E-state index in [1.54, 1.807) is 16.4 Å². The first-order valence-electron chi connectivity index (χ1n) is 5.92. The van der Waals surface area contributed by atoms with Gasteiger partial charge in [0.25, 0.3) is 0 Å². The molecule has 0 saturated carbocycles. The summed E-state index contributed by atoms with van der Waals surface area (Å²) >= 11 is 1.68. The van der Waals surface area contributed by atoms with E-state index in [1.807, 2.05) is 11.9 Å². The molecule has 1 saturated heterocycles. The fraction of sp³-hybridized carbons (Fsp3) is 0.800. The average molecular weight is 271 g/mol. The van der Waals surface area contributed by atoms with Crippen molar-refractivity contribution >= 4 is 17.7 Å². The van der Waals surface area contributed by atoms with Gasteiger partial charge in [-0.3, -0.25) is 4.79 Å². The summed E-state index contributed by atoms with van der Waals surface area (Å²) in [6.07, 6.45) is 0.565. The van der Waals surface area contributed by atoms with Crippen LogP contribution < -0.4 is 0 Å². The predicted molar refractivity (Wildman–Crippen MR) is 67.0 cm³/mol. The number of aryl methyl sites for hydroxylation is 1. The van der Waals surface area contributed by atoms with E-state index in [0.717, 1.165) is 30.4 Å². The predicted octanol–water partition coefficient (Wildman–Crippen LogP) is -0.308. The van der Waals surface area contributed by atoms with Crippen molar-refractivity contribution in [3.05, 3.63) is 5.82 Å². The van der Waals surface area contributed by atoms with E-state index in [2.05, 4.69) is 15.5 Å². The van der Waals surface area contributed by atoms with E-state index in [0.29, 0.717) is 19.6 Å². The smallest absolute Gasteiger partial charge is 0.223 e.